The van der Waals surface area contributed by atoms with E-state index in [9.17, 15) is 19.2 Å². The van der Waals surface area contributed by atoms with E-state index in [0.717, 1.165) is 22.3 Å². The third kappa shape index (κ3) is 3.26. The van der Waals surface area contributed by atoms with Crippen LogP contribution in [0, 0.1) is 0 Å². The Morgan fingerprint density at radius 1 is 1.29 bits per heavy atom. The molecule has 0 aliphatic carbocycles. The quantitative estimate of drug-likeness (QED) is 0.658. The number of thiophene rings is 1. The lowest BCUT2D eigenvalue weighted by molar-refractivity contribution is 0.0698. The second kappa shape index (κ2) is 5.75. The summed E-state index contributed by atoms with van der Waals surface area (Å²) in [7, 11) is 0. The molecule has 0 atom stereocenters. The molecule has 2 aromatic rings. The maximum atomic E-state index is 12.0. The highest BCUT2D eigenvalue weighted by Gasteiger charge is 2.18. The van der Waals surface area contributed by atoms with Crippen LogP contribution in [0.3, 0.4) is 0 Å². The smallest absolute Gasteiger partial charge is 0.338 e. The van der Waals surface area contributed by atoms with Crippen LogP contribution in [0.4, 0.5) is 5.00 Å². The number of carbonyl (C=O) groups excluding carboxylic acids is 1. The van der Waals surface area contributed by atoms with Crippen LogP contribution < -0.4 is 16.6 Å². The Balaban J connectivity index is 2.35. The summed E-state index contributed by atoms with van der Waals surface area (Å²) >= 11 is 1.13. The second-order valence-electron chi connectivity index (χ2n) is 4.07. The average Bonchev–Trinajstić information content (AvgIpc) is 2.80. The number of aromatic carboxylic acids is 1. The maximum Gasteiger partial charge on any atom is 0.338 e. The Hall–Kier alpha value is -2.68. The molecule has 1 amide bonds. The fraction of sp³-hybridized carbons (Fsp3) is 0.167. The van der Waals surface area contributed by atoms with Crippen molar-refractivity contribution in [3.05, 3.63) is 49.1 Å². The van der Waals surface area contributed by atoms with Crippen molar-refractivity contribution in [3.8, 4) is 0 Å². The minimum Gasteiger partial charge on any atom is -0.478 e. The number of hydrogen-bond acceptors (Lipinski definition) is 5. The van der Waals surface area contributed by atoms with Crippen molar-refractivity contribution in [1.29, 1.82) is 0 Å². The maximum absolute atomic E-state index is 12.0. The van der Waals surface area contributed by atoms with E-state index < -0.39 is 23.1 Å². The zero-order valence-corrected chi connectivity index (χ0v) is 11.7. The van der Waals surface area contributed by atoms with E-state index in [0.29, 0.717) is 6.42 Å². The summed E-state index contributed by atoms with van der Waals surface area (Å²) in [6, 6.07) is 2.40. The van der Waals surface area contributed by atoms with Crippen LogP contribution in [-0.4, -0.2) is 27.0 Å². The summed E-state index contributed by atoms with van der Waals surface area (Å²) < 4.78 is 0. The Morgan fingerprint density at radius 3 is 2.57 bits per heavy atom. The molecular weight excluding hydrogens is 298 g/mol. The van der Waals surface area contributed by atoms with E-state index >= 15 is 0 Å². The number of aromatic amines is 2. The molecule has 0 saturated heterocycles. The predicted molar refractivity (Wildman–Crippen MR) is 76.3 cm³/mol. The van der Waals surface area contributed by atoms with E-state index in [-0.39, 0.29) is 16.3 Å². The third-order valence-electron chi connectivity index (χ3n) is 2.59. The Bertz CT molecular complexity index is 789. The molecule has 0 aliphatic rings. The number of amides is 1. The van der Waals surface area contributed by atoms with E-state index in [1.165, 1.54) is 6.07 Å². The van der Waals surface area contributed by atoms with Crippen LogP contribution in [0.2, 0.25) is 0 Å². The second-order valence-corrected chi connectivity index (χ2v) is 5.21. The van der Waals surface area contributed by atoms with Gasteiger partial charge in [0.1, 0.15) is 10.7 Å². The third-order valence-corrected chi connectivity index (χ3v) is 3.79. The van der Waals surface area contributed by atoms with Crippen molar-refractivity contribution in [1.82, 2.24) is 9.97 Å². The molecule has 0 bridgehead atoms. The molecule has 0 aromatic carbocycles. The number of carboxylic acid groups (broad SMARTS) is 1. The van der Waals surface area contributed by atoms with Gasteiger partial charge in [0.15, 0.2) is 0 Å². The fourth-order valence-corrected chi connectivity index (χ4v) is 2.61. The molecular formula is C12H11N3O5S. The highest BCUT2D eigenvalue weighted by atomic mass is 32.1. The standard InChI is InChI=1S/C12H11N3O5S/c1-2-5-3-6(11(18)19)10(21-5)15-9(17)7-4-8(16)14-12(20)13-7/h3-4H,2H2,1H3,(H,15,17)(H,18,19)(H2,13,14,16,20). The summed E-state index contributed by atoms with van der Waals surface area (Å²) in [6.45, 7) is 1.86. The van der Waals surface area contributed by atoms with Gasteiger partial charge in [-0.2, -0.15) is 0 Å². The number of rotatable bonds is 4. The minimum absolute atomic E-state index is 0.0302. The van der Waals surface area contributed by atoms with Gasteiger partial charge in [-0.1, -0.05) is 6.92 Å². The first-order valence-electron chi connectivity index (χ1n) is 5.91. The Morgan fingerprint density at radius 2 is 2.00 bits per heavy atom. The molecule has 2 aromatic heterocycles. The van der Waals surface area contributed by atoms with Crippen LogP contribution in [0.5, 0.6) is 0 Å². The lowest BCUT2D eigenvalue weighted by atomic mass is 10.2. The molecule has 110 valence electrons. The van der Waals surface area contributed by atoms with Gasteiger partial charge in [0, 0.05) is 10.9 Å². The van der Waals surface area contributed by atoms with Gasteiger partial charge in [0.25, 0.3) is 11.5 Å². The largest absolute Gasteiger partial charge is 0.478 e. The monoisotopic (exact) mass is 309 g/mol. The number of anilines is 1. The number of H-pyrrole nitrogens is 2. The molecule has 0 saturated carbocycles. The first-order chi connectivity index (χ1) is 9.90. The van der Waals surface area contributed by atoms with Gasteiger partial charge in [-0.15, -0.1) is 11.3 Å². The molecule has 0 radical (unpaired) electrons. The summed E-state index contributed by atoms with van der Waals surface area (Å²) in [5, 5.41) is 11.6. The number of aryl methyl sites for hydroxylation is 1. The van der Waals surface area contributed by atoms with Gasteiger partial charge in [0.05, 0.1) is 5.56 Å². The van der Waals surface area contributed by atoms with E-state index in [1.54, 1.807) is 0 Å². The summed E-state index contributed by atoms with van der Waals surface area (Å²) in [5.74, 6) is -1.93. The van der Waals surface area contributed by atoms with Gasteiger partial charge in [-0.05, 0) is 12.5 Å². The molecule has 0 fully saturated rings. The Labute approximate surface area is 121 Å². The van der Waals surface area contributed by atoms with Gasteiger partial charge in [-0.3, -0.25) is 14.6 Å². The van der Waals surface area contributed by atoms with Gasteiger partial charge in [-0.25, -0.2) is 9.59 Å². The van der Waals surface area contributed by atoms with Crippen molar-refractivity contribution >= 4 is 28.2 Å². The van der Waals surface area contributed by atoms with E-state index in [2.05, 4.69) is 10.3 Å². The number of hydrogen-bond donors (Lipinski definition) is 4. The van der Waals surface area contributed by atoms with Gasteiger partial charge in [0.2, 0.25) is 0 Å². The molecule has 4 N–H and O–H groups in total. The minimum atomic E-state index is -1.17. The SMILES string of the molecule is CCc1cc(C(=O)O)c(NC(=O)c2cc(=O)[nH]c(=O)[nH]2)s1. The number of aromatic nitrogens is 2. The van der Waals surface area contributed by atoms with Crippen molar-refractivity contribution in [2.45, 2.75) is 13.3 Å². The number of carboxylic acids is 1. The average molecular weight is 309 g/mol. The van der Waals surface area contributed by atoms with Crippen LogP contribution in [0.15, 0.2) is 21.7 Å². The molecule has 0 spiro atoms. The van der Waals surface area contributed by atoms with Gasteiger partial charge < -0.3 is 15.4 Å². The highest BCUT2D eigenvalue weighted by molar-refractivity contribution is 7.16. The molecule has 2 rings (SSSR count). The lowest BCUT2D eigenvalue weighted by Crippen LogP contribution is -2.27. The van der Waals surface area contributed by atoms with Crippen molar-refractivity contribution in [2.75, 3.05) is 5.32 Å². The topological polar surface area (TPSA) is 132 Å². The number of carbonyl (C=O) groups is 2. The first kappa shape index (κ1) is 14.7. The van der Waals surface area contributed by atoms with Crippen LogP contribution in [0.25, 0.3) is 0 Å². The van der Waals surface area contributed by atoms with Gasteiger partial charge >= 0.3 is 11.7 Å². The van der Waals surface area contributed by atoms with Crippen LogP contribution >= 0.6 is 11.3 Å². The van der Waals surface area contributed by atoms with E-state index in [1.807, 2.05) is 11.9 Å². The molecule has 0 aliphatic heterocycles. The van der Waals surface area contributed by atoms with Crippen molar-refractivity contribution in [3.63, 3.8) is 0 Å². The van der Waals surface area contributed by atoms with Crippen LogP contribution in [0.1, 0.15) is 32.6 Å². The normalized spacial score (nSPS) is 10.3. The molecule has 21 heavy (non-hydrogen) atoms. The van der Waals surface area contributed by atoms with Crippen LogP contribution in [-0.2, 0) is 6.42 Å². The fourth-order valence-electron chi connectivity index (χ4n) is 1.63. The lowest BCUT2D eigenvalue weighted by Gasteiger charge is -2.03. The molecule has 9 heteroatoms. The molecule has 8 nitrogen and oxygen atoms in total. The zero-order chi connectivity index (χ0) is 15.6. The molecule has 0 unspecified atom stereocenters. The summed E-state index contributed by atoms with van der Waals surface area (Å²) in [6.07, 6.45) is 0.628. The van der Waals surface area contributed by atoms with E-state index in [4.69, 9.17) is 5.11 Å². The molecule has 2 heterocycles. The summed E-state index contributed by atoms with van der Waals surface area (Å²) in [4.78, 5) is 50.2. The summed E-state index contributed by atoms with van der Waals surface area (Å²) in [5.41, 5.74) is -1.81. The first-order valence-corrected chi connectivity index (χ1v) is 6.73. The Kier molecular flexibility index (Phi) is 4.03. The van der Waals surface area contributed by atoms with Crippen molar-refractivity contribution in [2.24, 2.45) is 0 Å². The highest BCUT2D eigenvalue weighted by Crippen LogP contribution is 2.28. The zero-order valence-electron chi connectivity index (χ0n) is 10.9. The predicted octanol–water partition coefficient (Wildman–Crippen LogP) is 0.638. The number of nitrogens with one attached hydrogen (secondary N) is 3. The van der Waals surface area contributed by atoms with Crippen molar-refractivity contribution < 1.29 is 14.7 Å².